The van der Waals surface area contributed by atoms with Crippen LogP contribution in [0, 0.1) is 5.92 Å². The Morgan fingerprint density at radius 1 is 1.47 bits per heavy atom. The first-order chi connectivity index (χ1) is 9.15. The molecule has 0 saturated carbocycles. The van der Waals surface area contributed by atoms with Crippen LogP contribution in [0.15, 0.2) is 18.2 Å². The number of hydrogen-bond acceptors (Lipinski definition) is 3. The molecular formula is C15H23N3O. The van der Waals surface area contributed by atoms with Crippen LogP contribution in [0.2, 0.25) is 0 Å². The van der Waals surface area contributed by atoms with Gasteiger partial charge in [0, 0.05) is 31.2 Å². The molecule has 0 radical (unpaired) electrons. The third-order valence-corrected chi connectivity index (χ3v) is 3.65. The summed E-state index contributed by atoms with van der Waals surface area (Å²) in [6, 6.07) is 6.14. The minimum atomic E-state index is -0.149. The average molecular weight is 261 g/mol. The number of rotatable bonds is 5. The van der Waals surface area contributed by atoms with E-state index in [-0.39, 0.29) is 11.8 Å². The number of anilines is 1. The molecule has 1 amide bonds. The summed E-state index contributed by atoms with van der Waals surface area (Å²) in [5.74, 6) is -0.145. The average Bonchev–Trinajstić information content (AvgIpc) is 2.81. The number of hydrogen-bond donors (Lipinski definition) is 2. The fraction of sp³-hybridized carbons (Fsp3) is 0.533. The number of fused-ring (bicyclic) bond motifs is 1. The number of amides is 1. The molecule has 3 N–H and O–H groups in total. The van der Waals surface area contributed by atoms with E-state index < -0.39 is 0 Å². The molecule has 0 bridgehead atoms. The molecule has 0 aromatic heterocycles. The van der Waals surface area contributed by atoms with Gasteiger partial charge in [-0.1, -0.05) is 26.0 Å². The molecule has 0 spiro atoms. The predicted octanol–water partition coefficient (Wildman–Crippen LogP) is 1.95. The summed E-state index contributed by atoms with van der Waals surface area (Å²) in [4.78, 5) is 14.4. The SMILES string of the molecule is CCCN1Cc2cccc(NC(=O)C(C)CN)c2C1. The van der Waals surface area contributed by atoms with Gasteiger partial charge in [-0.3, -0.25) is 9.69 Å². The van der Waals surface area contributed by atoms with E-state index in [1.165, 1.54) is 11.1 Å². The van der Waals surface area contributed by atoms with E-state index >= 15 is 0 Å². The Morgan fingerprint density at radius 2 is 2.26 bits per heavy atom. The molecule has 2 rings (SSSR count). The third-order valence-electron chi connectivity index (χ3n) is 3.65. The number of carbonyl (C=O) groups is 1. The lowest BCUT2D eigenvalue weighted by Gasteiger charge is -2.14. The Kier molecular flexibility index (Phi) is 4.56. The topological polar surface area (TPSA) is 58.4 Å². The fourth-order valence-electron chi connectivity index (χ4n) is 2.44. The molecule has 0 saturated heterocycles. The van der Waals surface area contributed by atoms with Crippen molar-refractivity contribution >= 4 is 11.6 Å². The first-order valence-corrected chi connectivity index (χ1v) is 6.99. The molecule has 1 aromatic carbocycles. The van der Waals surface area contributed by atoms with Crippen LogP contribution in [0.5, 0.6) is 0 Å². The number of carbonyl (C=O) groups excluding carboxylic acids is 1. The lowest BCUT2D eigenvalue weighted by molar-refractivity contribution is -0.119. The molecular weight excluding hydrogens is 238 g/mol. The van der Waals surface area contributed by atoms with Crippen LogP contribution in [-0.4, -0.2) is 23.9 Å². The van der Waals surface area contributed by atoms with Gasteiger partial charge in [0.25, 0.3) is 0 Å². The summed E-state index contributed by atoms with van der Waals surface area (Å²) in [7, 11) is 0. The van der Waals surface area contributed by atoms with E-state index in [9.17, 15) is 4.79 Å². The van der Waals surface area contributed by atoms with Crippen LogP contribution in [0.3, 0.4) is 0 Å². The molecule has 1 atom stereocenters. The van der Waals surface area contributed by atoms with Crippen molar-refractivity contribution in [2.45, 2.75) is 33.4 Å². The molecule has 0 fully saturated rings. The molecule has 0 aliphatic carbocycles. The van der Waals surface area contributed by atoms with Crippen LogP contribution in [0.4, 0.5) is 5.69 Å². The van der Waals surface area contributed by atoms with E-state index in [0.29, 0.717) is 6.54 Å². The molecule has 19 heavy (non-hydrogen) atoms. The number of benzene rings is 1. The second-order valence-corrected chi connectivity index (χ2v) is 5.28. The first kappa shape index (κ1) is 14.0. The van der Waals surface area contributed by atoms with Crippen molar-refractivity contribution in [3.8, 4) is 0 Å². The first-order valence-electron chi connectivity index (χ1n) is 6.99. The smallest absolute Gasteiger partial charge is 0.228 e. The molecule has 1 unspecified atom stereocenters. The second kappa shape index (κ2) is 6.17. The lowest BCUT2D eigenvalue weighted by atomic mass is 10.1. The van der Waals surface area contributed by atoms with Crippen molar-refractivity contribution in [1.29, 1.82) is 0 Å². The van der Waals surface area contributed by atoms with Crippen LogP contribution in [0.1, 0.15) is 31.4 Å². The van der Waals surface area contributed by atoms with Crippen molar-refractivity contribution in [1.82, 2.24) is 4.90 Å². The minimum absolute atomic E-state index is 0.00448. The minimum Gasteiger partial charge on any atom is -0.330 e. The largest absolute Gasteiger partial charge is 0.330 e. The maximum Gasteiger partial charge on any atom is 0.228 e. The highest BCUT2D eigenvalue weighted by Crippen LogP contribution is 2.29. The molecule has 104 valence electrons. The summed E-state index contributed by atoms with van der Waals surface area (Å²) >= 11 is 0. The van der Waals surface area contributed by atoms with E-state index in [1.54, 1.807) is 0 Å². The summed E-state index contributed by atoms with van der Waals surface area (Å²) in [5.41, 5.74) is 9.06. The van der Waals surface area contributed by atoms with Crippen molar-refractivity contribution in [2.24, 2.45) is 11.7 Å². The zero-order valence-corrected chi connectivity index (χ0v) is 11.8. The molecule has 4 nitrogen and oxygen atoms in total. The molecule has 1 heterocycles. The number of nitrogens with zero attached hydrogens (tertiary/aromatic N) is 1. The summed E-state index contributed by atoms with van der Waals surface area (Å²) in [5, 5.41) is 3.01. The normalized spacial score (nSPS) is 16.2. The quantitative estimate of drug-likeness (QED) is 0.851. The highest BCUT2D eigenvalue weighted by atomic mass is 16.1. The Labute approximate surface area is 115 Å². The van der Waals surface area contributed by atoms with Crippen LogP contribution >= 0.6 is 0 Å². The molecule has 1 aliphatic heterocycles. The lowest BCUT2D eigenvalue weighted by Crippen LogP contribution is -2.27. The van der Waals surface area contributed by atoms with Gasteiger partial charge in [0.15, 0.2) is 0 Å². The van der Waals surface area contributed by atoms with Crippen LogP contribution < -0.4 is 11.1 Å². The summed E-state index contributed by atoms with van der Waals surface area (Å²) in [6.07, 6.45) is 1.15. The highest BCUT2D eigenvalue weighted by Gasteiger charge is 2.22. The zero-order valence-electron chi connectivity index (χ0n) is 11.8. The number of nitrogens with one attached hydrogen (secondary N) is 1. The zero-order chi connectivity index (χ0) is 13.8. The van der Waals surface area contributed by atoms with E-state index in [2.05, 4.69) is 23.2 Å². The highest BCUT2D eigenvalue weighted by molar-refractivity contribution is 5.93. The Balaban J connectivity index is 2.12. The van der Waals surface area contributed by atoms with Gasteiger partial charge in [0.2, 0.25) is 5.91 Å². The molecule has 1 aliphatic rings. The summed E-state index contributed by atoms with van der Waals surface area (Å²) < 4.78 is 0. The monoisotopic (exact) mass is 261 g/mol. The van der Waals surface area contributed by atoms with Gasteiger partial charge in [-0.2, -0.15) is 0 Å². The fourth-order valence-corrected chi connectivity index (χ4v) is 2.44. The van der Waals surface area contributed by atoms with E-state index in [0.717, 1.165) is 31.7 Å². The molecule has 1 aromatic rings. The van der Waals surface area contributed by atoms with Gasteiger partial charge < -0.3 is 11.1 Å². The van der Waals surface area contributed by atoms with Gasteiger partial charge in [0.05, 0.1) is 0 Å². The van der Waals surface area contributed by atoms with Gasteiger partial charge in [-0.05, 0) is 30.2 Å². The summed E-state index contributed by atoms with van der Waals surface area (Å²) in [6.45, 7) is 7.43. The standard InChI is InChI=1S/C15H23N3O/c1-3-7-18-9-12-5-4-6-14(13(12)10-18)17-15(19)11(2)8-16/h4-6,11H,3,7-10,16H2,1-2H3,(H,17,19). The number of nitrogens with two attached hydrogens (primary N) is 1. The predicted molar refractivity (Wildman–Crippen MR) is 77.7 cm³/mol. The van der Waals surface area contributed by atoms with Gasteiger partial charge >= 0.3 is 0 Å². The van der Waals surface area contributed by atoms with Crippen molar-refractivity contribution in [3.63, 3.8) is 0 Å². The van der Waals surface area contributed by atoms with Crippen molar-refractivity contribution in [2.75, 3.05) is 18.4 Å². The van der Waals surface area contributed by atoms with Gasteiger partial charge in [-0.15, -0.1) is 0 Å². The maximum absolute atomic E-state index is 11.9. The Bertz CT molecular complexity index is 459. The van der Waals surface area contributed by atoms with Gasteiger partial charge in [-0.25, -0.2) is 0 Å². The van der Waals surface area contributed by atoms with Crippen LogP contribution in [0.25, 0.3) is 0 Å². The second-order valence-electron chi connectivity index (χ2n) is 5.28. The van der Waals surface area contributed by atoms with Gasteiger partial charge in [0.1, 0.15) is 0 Å². The molecule has 4 heteroatoms. The maximum atomic E-state index is 11.9. The van der Waals surface area contributed by atoms with E-state index in [4.69, 9.17) is 5.73 Å². The Hall–Kier alpha value is -1.39. The van der Waals surface area contributed by atoms with Crippen LogP contribution in [-0.2, 0) is 17.9 Å². The third kappa shape index (κ3) is 3.14. The Morgan fingerprint density at radius 3 is 2.95 bits per heavy atom. The van der Waals surface area contributed by atoms with Crippen molar-refractivity contribution < 1.29 is 4.79 Å². The van der Waals surface area contributed by atoms with Crippen molar-refractivity contribution in [3.05, 3.63) is 29.3 Å². The van der Waals surface area contributed by atoms with E-state index in [1.807, 2.05) is 19.1 Å².